The Morgan fingerprint density at radius 2 is 2.36 bits per heavy atom. The lowest BCUT2D eigenvalue weighted by atomic mass is 9.81. The Morgan fingerprint density at radius 1 is 1.57 bits per heavy atom. The molecule has 1 aliphatic heterocycles. The number of carbonyl (C=O) groups excluding carboxylic acids is 1. The predicted molar refractivity (Wildman–Crippen MR) is 58.9 cm³/mol. The van der Waals surface area contributed by atoms with E-state index in [-0.39, 0.29) is 11.3 Å². The molecule has 1 fully saturated rings. The minimum Gasteiger partial charge on any atom is -0.355 e. The normalized spacial score (nSPS) is 27.4. The van der Waals surface area contributed by atoms with Crippen LogP contribution in [0, 0.1) is 0 Å². The zero-order valence-corrected chi connectivity index (χ0v) is 9.54. The first kappa shape index (κ1) is 9.99. The van der Waals surface area contributed by atoms with Crippen LogP contribution in [0.25, 0.3) is 0 Å². The number of rotatable bonds is 1. The molecule has 0 bridgehead atoms. The molecule has 1 aliphatic rings. The zero-order valence-electron chi connectivity index (χ0n) is 7.97. The summed E-state index contributed by atoms with van der Waals surface area (Å²) in [5.74, 6) is 0.158. The Labute approximate surface area is 92.3 Å². The lowest BCUT2D eigenvalue weighted by Crippen LogP contribution is -2.43. The van der Waals surface area contributed by atoms with Gasteiger partial charge in [0.1, 0.15) is 0 Å². The summed E-state index contributed by atoms with van der Waals surface area (Å²) in [6.07, 6.45) is 1.53. The summed E-state index contributed by atoms with van der Waals surface area (Å²) in [5.41, 5.74) is 0.0751. The largest absolute Gasteiger partial charge is 0.355 e. The SMILES string of the molecule is CC1(c2ccc(Cl)s2)CCC(=O)NC1. The number of thiophene rings is 1. The molecule has 14 heavy (non-hydrogen) atoms. The highest BCUT2D eigenvalue weighted by Crippen LogP contribution is 2.36. The summed E-state index contributed by atoms with van der Waals surface area (Å²) < 4.78 is 0.818. The van der Waals surface area contributed by atoms with Gasteiger partial charge in [-0.15, -0.1) is 11.3 Å². The van der Waals surface area contributed by atoms with Gasteiger partial charge in [0.2, 0.25) is 5.91 Å². The van der Waals surface area contributed by atoms with Crippen molar-refractivity contribution in [1.29, 1.82) is 0 Å². The third kappa shape index (κ3) is 1.79. The number of amides is 1. The van der Waals surface area contributed by atoms with Crippen molar-refractivity contribution in [3.63, 3.8) is 0 Å². The second kappa shape index (κ2) is 3.55. The molecule has 1 saturated heterocycles. The summed E-state index contributed by atoms with van der Waals surface area (Å²) >= 11 is 7.51. The Kier molecular flexibility index (Phi) is 2.54. The Bertz CT molecular complexity index is 351. The minimum absolute atomic E-state index is 0.0751. The van der Waals surface area contributed by atoms with Crippen LogP contribution in [0.3, 0.4) is 0 Å². The molecule has 0 saturated carbocycles. The number of hydrogen-bond donors (Lipinski definition) is 1. The van der Waals surface area contributed by atoms with E-state index < -0.39 is 0 Å². The highest BCUT2D eigenvalue weighted by atomic mass is 35.5. The van der Waals surface area contributed by atoms with Crippen molar-refractivity contribution in [2.45, 2.75) is 25.2 Å². The van der Waals surface area contributed by atoms with E-state index in [1.54, 1.807) is 11.3 Å². The Morgan fingerprint density at radius 3 is 2.86 bits per heavy atom. The van der Waals surface area contributed by atoms with Gasteiger partial charge >= 0.3 is 0 Å². The lowest BCUT2D eigenvalue weighted by Gasteiger charge is -2.32. The van der Waals surface area contributed by atoms with Crippen molar-refractivity contribution in [1.82, 2.24) is 5.32 Å². The topological polar surface area (TPSA) is 29.1 Å². The fraction of sp³-hybridized carbons (Fsp3) is 0.500. The van der Waals surface area contributed by atoms with Crippen LogP contribution in [-0.2, 0) is 10.2 Å². The number of piperidine rings is 1. The van der Waals surface area contributed by atoms with Gasteiger partial charge in [-0.3, -0.25) is 4.79 Å². The molecule has 4 heteroatoms. The maximum Gasteiger partial charge on any atom is 0.220 e. The van der Waals surface area contributed by atoms with Gasteiger partial charge in [-0.05, 0) is 18.6 Å². The van der Waals surface area contributed by atoms with Crippen molar-refractivity contribution in [3.8, 4) is 0 Å². The van der Waals surface area contributed by atoms with Crippen LogP contribution in [0.1, 0.15) is 24.6 Å². The van der Waals surface area contributed by atoms with Gasteiger partial charge in [0.05, 0.1) is 4.34 Å². The highest BCUT2D eigenvalue weighted by Gasteiger charge is 2.32. The number of nitrogens with one attached hydrogen (secondary N) is 1. The molecule has 0 radical (unpaired) electrons. The molecule has 2 nitrogen and oxygen atoms in total. The molecule has 1 unspecified atom stereocenters. The Hall–Kier alpha value is -0.540. The first-order chi connectivity index (χ1) is 6.60. The molecule has 1 amide bonds. The summed E-state index contributed by atoms with van der Waals surface area (Å²) in [5, 5.41) is 2.90. The smallest absolute Gasteiger partial charge is 0.220 e. The van der Waals surface area contributed by atoms with E-state index in [9.17, 15) is 4.79 Å². The maximum atomic E-state index is 11.1. The van der Waals surface area contributed by atoms with Gasteiger partial charge < -0.3 is 5.32 Å². The molecule has 2 heterocycles. The van der Waals surface area contributed by atoms with Gasteiger partial charge in [0.25, 0.3) is 0 Å². The number of halogens is 1. The third-order valence-corrected chi connectivity index (χ3v) is 4.28. The van der Waals surface area contributed by atoms with Crippen molar-refractivity contribution in [2.75, 3.05) is 6.54 Å². The van der Waals surface area contributed by atoms with E-state index in [4.69, 9.17) is 11.6 Å². The van der Waals surface area contributed by atoms with Gasteiger partial charge in [0, 0.05) is 23.3 Å². The molecule has 0 aromatic carbocycles. The molecule has 76 valence electrons. The fourth-order valence-corrected chi connectivity index (χ4v) is 2.92. The monoisotopic (exact) mass is 229 g/mol. The van der Waals surface area contributed by atoms with E-state index in [0.29, 0.717) is 6.42 Å². The third-order valence-electron chi connectivity index (χ3n) is 2.75. The van der Waals surface area contributed by atoms with E-state index in [2.05, 4.69) is 18.3 Å². The zero-order chi connectivity index (χ0) is 10.2. The summed E-state index contributed by atoms with van der Waals surface area (Å²) in [7, 11) is 0. The molecule has 1 N–H and O–H groups in total. The molecule has 1 atom stereocenters. The number of hydrogen-bond acceptors (Lipinski definition) is 2. The van der Waals surface area contributed by atoms with Crippen LogP contribution >= 0.6 is 22.9 Å². The second-order valence-electron chi connectivity index (χ2n) is 3.94. The van der Waals surface area contributed by atoms with E-state index in [1.165, 1.54) is 4.88 Å². The molecular formula is C10H12ClNOS. The van der Waals surface area contributed by atoms with Crippen molar-refractivity contribution < 1.29 is 4.79 Å². The minimum atomic E-state index is 0.0751. The summed E-state index contributed by atoms with van der Waals surface area (Å²) in [6.45, 7) is 2.90. The highest BCUT2D eigenvalue weighted by molar-refractivity contribution is 7.16. The molecule has 1 aromatic heterocycles. The second-order valence-corrected chi connectivity index (χ2v) is 5.66. The first-order valence-corrected chi connectivity index (χ1v) is 5.82. The van der Waals surface area contributed by atoms with Crippen LogP contribution in [0.15, 0.2) is 12.1 Å². The van der Waals surface area contributed by atoms with Crippen molar-refractivity contribution in [2.24, 2.45) is 0 Å². The Balaban J connectivity index is 2.20. The lowest BCUT2D eigenvalue weighted by molar-refractivity contribution is -0.123. The van der Waals surface area contributed by atoms with E-state index in [0.717, 1.165) is 17.3 Å². The summed E-state index contributed by atoms with van der Waals surface area (Å²) in [6, 6.07) is 3.98. The first-order valence-electron chi connectivity index (χ1n) is 4.63. The average molecular weight is 230 g/mol. The molecule has 2 rings (SSSR count). The van der Waals surface area contributed by atoms with Crippen molar-refractivity contribution in [3.05, 3.63) is 21.3 Å². The van der Waals surface area contributed by atoms with Crippen LogP contribution in [0.2, 0.25) is 4.34 Å². The maximum absolute atomic E-state index is 11.1. The van der Waals surface area contributed by atoms with Crippen LogP contribution in [0.4, 0.5) is 0 Å². The summed E-state index contributed by atoms with van der Waals surface area (Å²) in [4.78, 5) is 12.3. The molecule has 1 aromatic rings. The van der Waals surface area contributed by atoms with Gasteiger partial charge in [0.15, 0.2) is 0 Å². The fourth-order valence-electron chi connectivity index (χ4n) is 1.71. The van der Waals surface area contributed by atoms with Crippen molar-refractivity contribution >= 4 is 28.8 Å². The van der Waals surface area contributed by atoms with Crippen LogP contribution in [0.5, 0.6) is 0 Å². The molecule has 0 spiro atoms. The molecule has 0 aliphatic carbocycles. The quantitative estimate of drug-likeness (QED) is 0.788. The van der Waals surface area contributed by atoms with Gasteiger partial charge in [-0.25, -0.2) is 0 Å². The van der Waals surface area contributed by atoms with E-state index in [1.807, 2.05) is 6.07 Å². The molecular weight excluding hydrogens is 218 g/mol. The average Bonchev–Trinajstić information content (AvgIpc) is 2.58. The predicted octanol–water partition coefficient (Wildman–Crippen LogP) is 2.57. The van der Waals surface area contributed by atoms with E-state index >= 15 is 0 Å². The standard InChI is InChI=1S/C10H12ClNOS/c1-10(5-4-9(13)12-6-10)7-2-3-8(11)14-7/h2-3H,4-6H2,1H3,(H,12,13). The number of carbonyl (C=O) groups is 1. The van der Waals surface area contributed by atoms with Gasteiger partial charge in [-0.2, -0.15) is 0 Å². The van der Waals surface area contributed by atoms with Gasteiger partial charge in [-0.1, -0.05) is 18.5 Å². The van der Waals surface area contributed by atoms with Crippen LogP contribution in [-0.4, -0.2) is 12.5 Å². The van der Waals surface area contributed by atoms with Crippen LogP contribution < -0.4 is 5.32 Å².